The Labute approximate surface area is 174 Å². The summed E-state index contributed by atoms with van der Waals surface area (Å²) in [6.07, 6.45) is 1.06. The molecule has 9 heteroatoms. The summed E-state index contributed by atoms with van der Waals surface area (Å²) >= 11 is 0. The number of para-hydroxylation sites is 1. The van der Waals surface area contributed by atoms with E-state index in [-0.39, 0.29) is 24.3 Å². The molecule has 30 heavy (non-hydrogen) atoms. The normalized spacial score (nSPS) is 14.1. The maximum Gasteiger partial charge on any atom is 0.336 e. The summed E-state index contributed by atoms with van der Waals surface area (Å²) in [5, 5.41) is 0. The smallest absolute Gasteiger partial charge is 0.336 e. The number of carbonyl (C=O) groups is 3. The van der Waals surface area contributed by atoms with Crippen molar-refractivity contribution >= 4 is 17.9 Å². The molecule has 0 aliphatic carbocycles. The van der Waals surface area contributed by atoms with Crippen molar-refractivity contribution in [3.05, 3.63) is 54.0 Å². The summed E-state index contributed by atoms with van der Waals surface area (Å²) in [5.74, 6) is 0.243. The van der Waals surface area contributed by atoms with Crippen LogP contribution in [0.2, 0.25) is 0 Å². The van der Waals surface area contributed by atoms with Crippen LogP contribution < -0.4 is 15.6 Å². The molecule has 1 fully saturated rings. The lowest BCUT2D eigenvalue weighted by molar-refractivity contribution is -0.149. The maximum atomic E-state index is 12.2. The number of furan rings is 1. The third-order valence-electron chi connectivity index (χ3n) is 4.69. The average molecular weight is 415 g/mol. The van der Waals surface area contributed by atoms with Crippen molar-refractivity contribution in [3.8, 4) is 5.75 Å². The number of hydrogen-bond donors (Lipinski definition) is 2. The fraction of sp³-hybridized carbons (Fsp3) is 0.381. The van der Waals surface area contributed by atoms with Gasteiger partial charge in [-0.15, -0.1) is 0 Å². The minimum absolute atomic E-state index is 0.0583. The largest absolute Gasteiger partial charge is 0.486 e. The van der Waals surface area contributed by atoms with E-state index in [0.717, 1.165) is 0 Å². The second-order valence-electron chi connectivity index (χ2n) is 6.77. The number of esters is 1. The van der Waals surface area contributed by atoms with Gasteiger partial charge in [0.25, 0.3) is 0 Å². The molecule has 2 heterocycles. The number of rotatable bonds is 6. The molecule has 1 aliphatic rings. The molecule has 1 aromatic carbocycles. The van der Waals surface area contributed by atoms with Gasteiger partial charge >= 0.3 is 17.9 Å². The van der Waals surface area contributed by atoms with E-state index in [9.17, 15) is 14.4 Å². The summed E-state index contributed by atoms with van der Waals surface area (Å²) in [6.45, 7) is 3.11. The standard InChI is InChI=1S/C21H25N3O6/c1-2-28-20(26)15-10-12-24(13-11-15)21(27)23-22-19(25)18-9-8-17(30-18)14-29-16-6-4-3-5-7-16/h3-9,15H,2,10-14H2,1H3,(H,22,25)(H,23,27). The molecule has 2 aromatic rings. The molecule has 9 nitrogen and oxygen atoms in total. The first-order valence-corrected chi connectivity index (χ1v) is 9.85. The van der Waals surface area contributed by atoms with Crippen molar-refractivity contribution < 1.29 is 28.3 Å². The molecule has 0 unspecified atom stereocenters. The fourth-order valence-electron chi connectivity index (χ4n) is 3.08. The number of urea groups is 1. The summed E-state index contributed by atoms with van der Waals surface area (Å²) in [5.41, 5.74) is 4.70. The number of carbonyl (C=O) groups excluding carboxylic acids is 3. The van der Waals surface area contributed by atoms with Crippen LogP contribution in [-0.2, 0) is 16.1 Å². The highest BCUT2D eigenvalue weighted by molar-refractivity contribution is 5.92. The van der Waals surface area contributed by atoms with Crippen LogP contribution in [0.4, 0.5) is 4.79 Å². The van der Waals surface area contributed by atoms with Gasteiger partial charge in [0.15, 0.2) is 5.76 Å². The topological polar surface area (TPSA) is 110 Å². The summed E-state index contributed by atoms with van der Waals surface area (Å²) in [6, 6.07) is 12.0. The van der Waals surface area contributed by atoms with Crippen LogP contribution in [0.15, 0.2) is 46.9 Å². The van der Waals surface area contributed by atoms with Crippen LogP contribution in [0.1, 0.15) is 36.1 Å². The highest BCUT2D eigenvalue weighted by atomic mass is 16.5. The Hall–Kier alpha value is -3.49. The number of nitrogens with zero attached hydrogens (tertiary/aromatic N) is 1. The number of amides is 3. The van der Waals surface area contributed by atoms with Gasteiger partial charge in [0.1, 0.15) is 18.1 Å². The number of nitrogens with one attached hydrogen (secondary N) is 2. The molecular weight excluding hydrogens is 390 g/mol. The Morgan fingerprint density at radius 3 is 2.50 bits per heavy atom. The average Bonchev–Trinajstić information content (AvgIpc) is 3.26. The fourth-order valence-corrected chi connectivity index (χ4v) is 3.08. The Kier molecular flexibility index (Phi) is 7.31. The number of piperidine rings is 1. The van der Waals surface area contributed by atoms with Crippen LogP contribution in [0, 0.1) is 5.92 Å². The first-order valence-electron chi connectivity index (χ1n) is 9.85. The van der Waals surface area contributed by atoms with Crippen molar-refractivity contribution in [2.45, 2.75) is 26.4 Å². The predicted octanol–water partition coefficient (Wildman–Crippen LogP) is 2.49. The van der Waals surface area contributed by atoms with Gasteiger partial charge in [0, 0.05) is 13.1 Å². The van der Waals surface area contributed by atoms with E-state index in [1.807, 2.05) is 30.3 Å². The van der Waals surface area contributed by atoms with Gasteiger partial charge in [-0.1, -0.05) is 18.2 Å². The Morgan fingerprint density at radius 2 is 1.80 bits per heavy atom. The van der Waals surface area contributed by atoms with E-state index in [1.165, 1.54) is 11.0 Å². The molecule has 3 amide bonds. The van der Waals surface area contributed by atoms with Gasteiger partial charge in [0.05, 0.1) is 12.5 Å². The molecule has 0 atom stereocenters. The van der Waals surface area contributed by atoms with Crippen molar-refractivity contribution in [3.63, 3.8) is 0 Å². The molecule has 0 saturated carbocycles. The number of hydrogen-bond acceptors (Lipinski definition) is 6. The Bertz CT molecular complexity index is 859. The molecule has 0 bridgehead atoms. The van der Waals surface area contributed by atoms with E-state index in [1.54, 1.807) is 13.0 Å². The van der Waals surface area contributed by atoms with Gasteiger partial charge in [-0.05, 0) is 44.0 Å². The van der Waals surface area contributed by atoms with E-state index in [4.69, 9.17) is 13.9 Å². The summed E-state index contributed by atoms with van der Waals surface area (Å²) in [4.78, 5) is 37.7. The van der Waals surface area contributed by atoms with Crippen LogP contribution in [0.5, 0.6) is 5.75 Å². The van der Waals surface area contributed by atoms with Crippen LogP contribution in [-0.4, -0.2) is 42.5 Å². The van der Waals surface area contributed by atoms with Gasteiger partial charge in [-0.3, -0.25) is 15.0 Å². The Morgan fingerprint density at radius 1 is 1.07 bits per heavy atom. The van der Waals surface area contributed by atoms with Gasteiger partial charge in [-0.2, -0.15) is 0 Å². The molecule has 0 spiro atoms. The van der Waals surface area contributed by atoms with Crippen molar-refractivity contribution in [2.24, 2.45) is 5.92 Å². The summed E-state index contributed by atoms with van der Waals surface area (Å²) < 4.78 is 16.0. The van der Waals surface area contributed by atoms with Crippen LogP contribution in [0.25, 0.3) is 0 Å². The second kappa shape index (κ2) is 10.3. The number of likely N-dealkylation sites (tertiary alicyclic amines) is 1. The monoisotopic (exact) mass is 415 g/mol. The lowest BCUT2D eigenvalue weighted by atomic mass is 9.97. The molecule has 1 saturated heterocycles. The zero-order chi connectivity index (χ0) is 21.3. The molecule has 1 aliphatic heterocycles. The molecule has 1 aromatic heterocycles. The number of benzene rings is 1. The minimum atomic E-state index is -0.573. The molecular formula is C21H25N3O6. The van der Waals surface area contributed by atoms with Crippen molar-refractivity contribution in [2.75, 3.05) is 19.7 Å². The SMILES string of the molecule is CCOC(=O)C1CCN(C(=O)NNC(=O)c2ccc(COc3ccccc3)o2)CC1. The maximum absolute atomic E-state index is 12.2. The van der Waals surface area contributed by atoms with E-state index >= 15 is 0 Å². The van der Waals surface area contributed by atoms with Crippen LogP contribution in [0.3, 0.4) is 0 Å². The zero-order valence-corrected chi connectivity index (χ0v) is 16.8. The van der Waals surface area contributed by atoms with Gasteiger partial charge < -0.3 is 18.8 Å². The van der Waals surface area contributed by atoms with Gasteiger partial charge in [-0.25, -0.2) is 10.2 Å². The number of ether oxygens (including phenoxy) is 2. The third-order valence-corrected chi connectivity index (χ3v) is 4.69. The van der Waals surface area contributed by atoms with E-state index in [0.29, 0.717) is 44.0 Å². The predicted molar refractivity (Wildman–Crippen MR) is 106 cm³/mol. The van der Waals surface area contributed by atoms with Gasteiger partial charge in [0.2, 0.25) is 0 Å². The highest BCUT2D eigenvalue weighted by Gasteiger charge is 2.28. The summed E-state index contributed by atoms with van der Waals surface area (Å²) in [7, 11) is 0. The van der Waals surface area contributed by atoms with Crippen LogP contribution >= 0.6 is 0 Å². The first kappa shape index (κ1) is 21.2. The van der Waals surface area contributed by atoms with Crippen molar-refractivity contribution in [1.29, 1.82) is 0 Å². The van der Waals surface area contributed by atoms with Crippen molar-refractivity contribution in [1.82, 2.24) is 15.8 Å². The Balaban J connectivity index is 1.41. The molecule has 160 valence electrons. The zero-order valence-electron chi connectivity index (χ0n) is 16.8. The lowest BCUT2D eigenvalue weighted by Gasteiger charge is -2.30. The highest BCUT2D eigenvalue weighted by Crippen LogP contribution is 2.18. The molecule has 3 rings (SSSR count). The second-order valence-corrected chi connectivity index (χ2v) is 6.77. The number of hydrazine groups is 1. The molecule has 2 N–H and O–H groups in total. The lowest BCUT2D eigenvalue weighted by Crippen LogP contribution is -2.51. The van der Waals surface area contributed by atoms with E-state index in [2.05, 4.69) is 10.9 Å². The molecule has 0 radical (unpaired) electrons. The van der Waals surface area contributed by atoms with E-state index < -0.39 is 11.9 Å². The minimum Gasteiger partial charge on any atom is -0.486 e. The third kappa shape index (κ3) is 5.76. The first-order chi connectivity index (χ1) is 14.6. The quantitative estimate of drug-likeness (QED) is 0.554.